The molecule has 2 aliphatic carbocycles. The van der Waals surface area contributed by atoms with Crippen molar-refractivity contribution in [3.05, 3.63) is 47.7 Å². The van der Waals surface area contributed by atoms with E-state index in [0.717, 1.165) is 17.3 Å². The summed E-state index contributed by atoms with van der Waals surface area (Å²) < 4.78 is 4.96. The van der Waals surface area contributed by atoms with Gasteiger partial charge in [0.1, 0.15) is 0 Å². The maximum absolute atomic E-state index is 12.2. The van der Waals surface area contributed by atoms with Gasteiger partial charge in [0.2, 0.25) is 0 Å². The lowest BCUT2D eigenvalue weighted by molar-refractivity contribution is 0.0937. The summed E-state index contributed by atoms with van der Waals surface area (Å²) in [6, 6.07) is 8.18. The first kappa shape index (κ1) is 16.3. The summed E-state index contributed by atoms with van der Waals surface area (Å²) in [5, 5.41) is 3.86. The monoisotopic (exact) mass is 336 g/mol. The number of methoxy groups -OCH3 is 1. The molecule has 1 fully saturated rings. The highest BCUT2D eigenvalue weighted by molar-refractivity contribution is 5.99. The van der Waals surface area contributed by atoms with E-state index in [1.807, 2.05) is 12.1 Å². The number of pyridine rings is 1. The number of hydrogen-bond donors (Lipinski definition) is 1. The second kappa shape index (κ2) is 6.60. The van der Waals surface area contributed by atoms with Crippen molar-refractivity contribution in [2.75, 3.05) is 20.3 Å². The van der Waals surface area contributed by atoms with Gasteiger partial charge >= 0.3 is 0 Å². The van der Waals surface area contributed by atoms with E-state index in [2.05, 4.69) is 28.5 Å². The zero-order chi connectivity index (χ0) is 17.3. The number of ether oxygens (including phenoxy) is 1. The number of fused-ring (bicyclic) bond motifs is 1. The second-order valence-electron chi connectivity index (χ2n) is 7.28. The van der Waals surface area contributed by atoms with Crippen LogP contribution in [0.5, 0.6) is 0 Å². The molecule has 1 amide bonds. The number of allylic oxidation sites excluding steroid dienone is 2. The van der Waals surface area contributed by atoms with E-state index in [1.54, 1.807) is 13.3 Å². The normalized spacial score (nSPS) is 18.2. The molecule has 4 nitrogen and oxygen atoms in total. The first-order valence-electron chi connectivity index (χ1n) is 9.06. The van der Waals surface area contributed by atoms with Crippen LogP contribution in [0, 0.1) is 5.41 Å². The van der Waals surface area contributed by atoms with Crippen LogP contribution in [0.2, 0.25) is 0 Å². The van der Waals surface area contributed by atoms with Gasteiger partial charge in [-0.1, -0.05) is 24.3 Å². The fraction of sp³-hybridized carbons (Fsp3) is 0.429. The number of nitrogens with zero attached hydrogens (tertiary/aromatic N) is 1. The first-order chi connectivity index (χ1) is 12.2. The lowest BCUT2D eigenvalue weighted by atomic mass is 9.84. The third-order valence-electron chi connectivity index (χ3n) is 5.57. The van der Waals surface area contributed by atoms with E-state index in [4.69, 9.17) is 4.74 Å². The van der Waals surface area contributed by atoms with Crippen LogP contribution in [0.3, 0.4) is 0 Å². The van der Waals surface area contributed by atoms with E-state index in [1.165, 1.54) is 36.8 Å². The van der Waals surface area contributed by atoms with E-state index >= 15 is 0 Å². The topological polar surface area (TPSA) is 51.2 Å². The molecule has 25 heavy (non-hydrogen) atoms. The minimum absolute atomic E-state index is 0.107. The van der Waals surface area contributed by atoms with Gasteiger partial charge in [0.15, 0.2) is 0 Å². The Morgan fingerprint density at radius 1 is 1.32 bits per heavy atom. The molecule has 4 rings (SSSR count). The Labute approximate surface area is 148 Å². The van der Waals surface area contributed by atoms with E-state index in [9.17, 15) is 4.79 Å². The summed E-state index contributed by atoms with van der Waals surface area (Å²) in [7, 11) is 1.62. The minimum atomic E-state index is -0.107. The molecule has 1 aromatic carbocycles. The van der Waals surface area contributed by atoms with Crippen molar-refractivity contribution in [2.45, 2.75) is 32.1 Å². The van der Waals surface area contributed by atoms with E-state index in [0.29, 0.717) is 24.1 Å². The number of para-hydroxylation sites is 1. The summed E-state index contributed by atoms with van der Waals surface area (Å²) >= 11 is 0. The lowest BCUT2D eigenvalue weighted by Gasteiger charge is -2.21. The predicted molar refractivity (Wildman–Crippen MR) is 99.4 cm³/mol. The summed E-state index contributed by atoms with van der Waals surface area (Å²) in [6.07, 6.45) is 10.5. The Morgan fingerprint density at radius 2 is 2.20 bits per heavy atom. The minimum Gasteiger partial charge on any atom is -0.383 e. The molecule has 1 N–H and O–H groups in total. The number of benzene rings is 1. The zero-order valence-electron chi connectivity index (χ0n) is 14.7. The van der Waals surface area contributed by atoms with Gasteiger partial charge in [-0.05, 0) is 49.2 Å². The van der Waals surface area contributed by atoms with Crippen LogP contribution in [0.15, 0.2) is 36.5 Å². The van der Waals surface area contributed by atoms with E-state index in [-0.39, 0.29) is 5.91 Å². The molecule has 1 spiro atoms. The van der Waals surface area contributed by atoms with Crippen molar-refractivity contribution < 1.29 is 9.53 Å². The van der Waals surface area contributed by atoms with Gasteiger partial charge in [-0.3, -0.25) is 9.78 Å². The number of hydrogen-bond acceptors (Lipinski definition) is 3. The van der Waals surface area contributed by atoms with Gasteiger partial charge in [0.05, 0.1) is 17.7 Å². The average Bonchev–Trinajstić information content (AvgIpc) is 3.40. The highest BCUT2D eigenvalue weighted by Crippen LogP contribution is 2.56. The number of amides is 1. The van der Waals surface area contributed by atoms with Gasteiger partial charge in [-0.2, -0.15) is 0 Å². The largest absolute Gasteiger partial charge is 0.383 e. The fourth-order valence-corrected chi connectivity index (χ4v) is 3.73. The quantitative estimate of drug-likeness (QED) is 0.841. The van der Waals surface area contributed by atoms with Crippen molar-refractivity contribution in [1.29, 1.82) is 0 Å². The molecule has 0 aliphatic heterocycles. The molecule has 0 radical (unpaired) electrons. The van der Waals surface area contributed by atoms with Gasteiger partial charge < -0.3 is 10.1 Å². The average molecular weight is 336 g/mol. The highest BCUT2D eigenvalue weighted by atomic mass is 16.5. The van der Waals surface area contributed by atoms with Crippen LogP contribution >= 0.6 is 0 Å². The Hall–Kier alpha value is -2.20. The molecule has 0 atom stereocenters. The molecule has 0 saturated heterocycles. The molecule has 2 aliphatic rings. The second-order valence-corrected chi connectivity index (χ2v) is 7.28. The number of aromatic nitrogens is 1. The summed E-state index contributed by atoms with van der Waals surface area (Å²) in [5.41, 5.74) is 4.85. The zero-order valence-corrected chi connectivity index (χ0v) is 14.7. The van der Waals surface area contributed by atoms with Crippen LogP contribution in [-0.2, 0) is 4.74 Å². The summed E-state index contributed by atoms with van der Waals surface area (Å²) in [6.45, 7) is 1.01. The highest BCUT2D eigenvalue weighted by Gasteiger charge is 2.42. The molecular weight excluding hydrogens is 312 g/mol. The van der Waals surface area contributed by atoms with Crippen molar-refractivity contribution in [1.82, 2.24) is 10.3 Å². The van der Waals surface area contributed by atoms with Crippen molar-refractivity contribution in [3.8, 4) is 0 Å². The van der Waals surface area contributed by atoms with Gasteiger partial charge in [-0.25, -0.2) is 0 Å². The number of carbonyl (C=O) groups is 1. The van der Waals surface area contributed by atoms with Crippen LogP contribution in [0.1, 0.15) is 48.0 Å². The Bertz CT molecular complexity index is 837. The third kappa shape index (κ3) is 3.31. The lowest BCUT2D eigenvalue weighted by Crippen LogP contribution is -2.27. The van der Waals surface area contributed by atoms with Crippen molar-refractivity contribution in [2.24, 2.45) is 5.41 Å². The maximum atomic E-state index is 12.2. The standard InChI is InChI=1S/C21H24N2O2/c1-25-12-11-22-20(24)17-13-16-3-2-4-18(19(16)23-14-17)15-5-7-21(8-6-15)9-10-21/h2-5,13-14H,6-12H2,1H3,(H,22,24). The summed E-state index contributed by atoms with van der Waals surface area (Å²) in [4.78, 5) is 16.8. The van der Waals surface area contributed by atoms with Gasteiger partial charge in [-0.15, -0.1) is 0 Å². The molecule has 1 saturated carbocycles. The number of rotatable bonds is 5. The Balaban J connectivity index is 1.60. The molecular formula is C21H24N2O2. The fourth-order valence-electron chi connectivity index (χ4n) is 3.73. The molecule has 1 aromatic heterocycles. The first-order valence-corrected chi connectivity index (χ1v) is 9.06. The van der Waals surface area contributed by atoms with Crippen molar-refractivity contribution in [3.63, 3.8) is 0 Å². The Morgan fingerprint density at radius 3 is 2.92 bits per heavy atom. The smallest absolute Gasteiger partial charge is 0.252 e. The summed E-state index contributed by atoms with van der Waals surface area (Å²) in [5.74, 6) is -0.107. The van der Waals surface area contributed by atoms with Crippen molar-refractivity contribution >= 4 is 22.4 Å². The molecule has 130 valence electrons. The maximum Gasteiger partial charge on any atom is 0.252 e. The Kier molecular flexibility index (Phi) is 4.30. The van der Waals surface area contributed by atoms with Gasteiger partial charge in [0, 0.05) is 30.8 Å². The van der Waals surface area contributed by atoms with Gasteiger partial charge in [0.25, 0.3) is 5.91 Å². The van der Waals surface area contributed by atoms with Crippen LogP contribution < -0.4 is 5.32 Å². The SMILES string of the molecule is COCCNC(=O)c1cnc2c(C3=CCC4(CC3)CC4)cccc2c1. The number of carbonyl (C=O) groups excluding carboxylic acids is 1. The molecule has 0 bridgehead atoms. The van der Waals surface area contributed by atoms with Crippen LogP contribution in [0.25, 0.3) is 16.5 Å². The molecule has 1 heterocycles. The third-order valence-corrected chi connectivity index (χ3v) is 5.57. The molecule has 0 unspecified atom stereocenters. The van der Waals surface area contributed by atoms with Crippen LogP contribution in [-0.4, -0.2) is 31.2 Å². The predicted octanol–water partition coefficient (Wildman–Crippen LogP) is 3.96. The molecule has 2 aromatic rings. The van der Waals surface area contributed by atoms with Crippen LogP contribution in [0.4, 0.5) is 0 Å². The number of nitrogens with one attached hydrogen (secondary N) is 1. The van der Waals surface area contributed by atoms with E-state index < -0.39 is 0 Å². The molecule has 4 heteroatoms.